The molecule has 0 saturated heterocycles. The number of furan rings is 1. The van der Waals surface area contributed by atoms with Gasteiger partial charge in [-0.05, 0) is 49.8 Å². The summed E-state index contributed by atoms with van der Waals surface area (Å²) in [7, 11) is 1.84. The van der Waals surface area contributed by atoms with Crippen molar-refractivity contribution >= 4 is 34.4 Å². The molecule has 1 unspecified atom stereocenters. The molecule has 4 rings (SSSR count). The number of rotatable bonds is 7. The lowest BCUT2D eigenvalue weighted by molar-refractivity contribution is -0.111. The van der Waals surface area contributed by atoms with Crippen molar-refractivity contribution in [1.29, 1.82) is 5.26 Å². The van der Waals surface area contributed by atoms with Gasteiger partial charge in [0.15, 0.2) is 0 Å². The Labute approximate surface area is 201 Å². The monoisotopic (exact) mass is 479 g/mol. The fourth-order valence-corrected chi connectivity index (χ4v) is 5.25. The minimum absolute atomic E-state index is 0.160. The topological polar surface area (TPSA) is 122 Å². The van der Waals surface area contributed by atoms with E-state index in [0.29, 0.717) is 36.6 Å². The summed E-state index contributed by atoms with van der Waals surface area (Å²) in [4.78, 5) is 25.5. The molecule has 2 amide bonds. The van der Waals surface area contributed by atoms with Gasteiger partial charge < -0.3 is 19.8 Å². The maximum Gasteiger partial charge on any atom is 0.407 e. The van der Waals surface area contributed by atoms with E-state index >= 15 is 0 Å². The van der Waals surface area contributed by atoms with E-state index in [1.54, 1.807) is 16.8 Å². The lowest BCUT2D eigenvalue weighted by Gasteiger charge is -2.21. The Hall–Kier alpha value is -3.84. The number of aromatic nitrogens is 2. The standard InChI is InChI=1S/C24H25N5O4S/c1-15-18(12-29(2)28-15)11-26-24(31)33-14-17-3-5-19-20(10-25)23(34-21(19)9-17)27-22(30)6-4-16-7-8-32-13-16/h4,6-8,12-13,17H,3,5,9,11,14H2,1-2H3,(H,26,31)(H,27,30)/b6-4+. The molecule has 3 heterocycles. The number of ether oxygens (including phenoxy) is 1. The second-order valence-electron chi connectivity index (χ2n) is 8.17. The number of thiophene rings is 1. The number of carbonyl (C=O) groups is 2. The SMILES string of the molecule is Cc1nn(C)cc1CNC(=O)OCC1CCc2c(sc(NC(=O)/C=C/c3ccoc3)c2C#N)C1. The highest BCUT2D eigenvalue weighted by atomic mass is 32.1. The molecule has 0 aromatic carbocycles. The van der Waals surface area contributed by atoms with Gasteiger partial charge in [-0.2, -0.15) is 10.4 Å². The number of aryl methyl sites for hydroxylation is 2. The molecule has 10 heteroatoms. The maximum atomic E-state index is 12.3. The summed E-state index contributed by atoms with van der Waals surface area (Å²) in [6.45, 7) is 2.55. The predicted molar refractivity (Wildman–Crippen MR) is 127 cm³/mol. The van der Waals surface area contributed by atoms with Crippen LogP contribution in [0.15, 0.2) is 35.3 Å². The molecule has 0 saturated carbocycles. The fourth-order valence-electron chi connectivity index (χ4n) is 3.93. The first kappa shape index (κ1) is 23.3. The van der Waals surface area contributed by atoms with Gasteiger partial charge in [0.1, 0.15) is 11.1 Å². The summed E-state index contributed by atoms with van der Waals surface area (Å²) in [6, 6.07) is 3.98. The highest BCUT2D eigenvalue weighted by Crippen LogP contribution is 2.39. The van der Waals surface area contributed by atoms with E-state index in [2.05, 4.69) is 21.8 Å². The van der Waals surface area contributed by atoms with Crippen molar-refractivity contribution < 1.29 is 18.7 Å². The largest absolute Gasteiger partial charge is 0.472 e. The number of amides is 2. The second-order valence-corrected chi connectivity index (χ2v) is 9.28. The number of alkyl carbamates (subject to hydrolysis) is 1. The van der Waals surface area contributed by atoms with Crippen molar-refractivity contribution in [2.24, 2.45) is 13.0 Å². The van der Waals surface area contributed by atoms with Crippen molar-refractivity contribution in [3.63, 3.8) is 0 Å². The van der Waals surface area contributed by atoms with Crippen LogP contribution in [-0.4, -0.2) is 28.4 Å². The Balaban J connectivity index is 1.31. The number of fused-ring (bicyclic) bond motifs is 1. The summed E-state index contributed by atoms with van der Waals surface area (Å²) in [5, 5.41) is 20.1. The van der Waals surface area contributed by atoms with Crippen LogP contribution in [0.1, 0.15) is 39.2 Å². The first-order valence-electron chi connectivity index (χ1n) is 10.9. The molecule has 3 aromatic heterocycles. The van der Waals surface area contributed by atoms with Crippen LogP contribution >= 0.6 is 11.3 Å². The predicted octanol–water partition coefficient (Wildman–Crippen LogP) is 3.94. The molecule has 176 valence electrons. The third-order valence-electron chi connectivity index (χ3n) is 5.67. The lowest BCUT2D eigenvalue weighted by atomic mass is 9.88. The summed E-state index contributed by atoms with van der Waals surface area (Å²) < 4.78 is 12.1. The van der Waals surface area contributed by atoms with E-state index in [-0.39, 0.29) is 11.8 Å². The molecule has 1 aliphatic carbocycles. The van der Waals surface area contributed by atoms with E-state index in [1.165, 1.54) is 29.9 Å². The number of nitrogens with one attached hydrogen (secondary N) is 2. The Morgan fingerprint density at radius 3 is 3.03 bits per heavy atom. The van der Waals surface area contributed by atoms with Crippen molar-refractivity contribution in [3.05, 3.63) is 63.7 Å². The van der Waals surface area contributed by atoms with Gasteiger partial charge >= 0.3 is 6.09 Å². The van der Waals surface area contributed by atoms with E-state index in [1.807, 2.05) is 20.2 Å². The summed E-state index contributed by atoms with van der Waals surface area (Å²) in [5.74, 6) is -0.148. The van der Waals surface area contributed by atoms with Gasteiger partial charge in [-0.15, -0.1) is 11.3 Å². The molecular weight excluding hydrogens is 454 g/mol. The van der Waals surface area contributed by atoms with E-state index < -0.39 is 6.09 Å². The zero-order valence-electron chi connectivity index (χ0n) is 19.0. The lowest BCUT2D eigenvalue weighted by Crippen LogP contribution is -2.27. The zero-order chi connectivity index (χ0) is 24.1. The molecule has 2 N–H and O–H groups in total. The third kappa shape index (κ3) is 5.55. The quantitative estimate of drug-likeness (QED) is 0.495. The number of carbonyl (C=O) groups excluding carboxylic acids is 2. The van der Waals surface area contributed by atoms with Gasteiger partial charge in [0.2, 0.25) is 5.91 Å². The number of hydrogen-bond donors (Lipinski definition) is 2. The first-order valence-corrected chi connectivity index (χ1v) is 11.7. The normalized spacial score (nSPS) is 15.0. The van der Waals surface area contributed by atoms with Crippen molar-refractivity contribution in [1.82, 2.24) is 15.1 Å². The highest BCUT2D eigenvalue weighted by molar-refractivity contribution is 7.16. The molecule has 0 aliphatic heterocycles. The summed E-state index contributed by atoms with van der Waals surface area (Å²) in [6.07, 6.45) is 9.74. The van der Waals surface area contributed by atoms with Crippen LogP contribution in [0.4, 0.5) is 9.80 Å². The van der Waals surface area contributed by atoms with E-state index in [0.717, 1.165) is 33.7 Å². The number of hydrogen-bond acceptors (Lipinski definition) is 7. The van der Waals surface area contributed by atoms with Crippen LogP contribution in [0, 0.1) is 24.2 Å². The van der Waals surface area contributed by atoms with Crippen molar-refractivity contribution in [2.75, 3.05) is 11.9 Å². The Morgan fingerprint density at radius 2 is 2.32 bits per heavy atom. The Kier molecular flexibility index (Phi) is 7.13. The van der Waals surface area contributed by atoms with Gasteiger partial charge in [0, 0.05) is 41.9 Å². The number of anilines is 1. The molecule has 34 heavy (non-hydrogen) atoms. The summed E-state index contributed by atoms with van der Waals surface area (Å²) in [5.41, 5.74) is 4.10. The second kappa shape index (κ2) is 10.4. The molecule has 9 nitrogen and oxygen atoms in total. The molecule has 3 aromatic rings. The highest BCUT2D eigenvalue weighted by Gasteiger charge is 2.27. The van der Waals surface area contributed by atoms with Crippen LogP contribution in [0.25, 0.3) is 6.08 Å². The number of nitriles is 1. The maximum absolute atomic E-state index is 12.3. The summed E-state index contributed by atoms with van der Waals surface area (Å²) >= 11 is 1.42. The van der Waals surface area contributed by atoms with Crippen molar-refractivity contribution in [2.45, 2.75) is 32.7 Å². The molecule has 1 aliphatic rings. The van der Waals surface area contributed by atoms with Crippen LogP contribution < -0.4 is 10.6 Å². The number of nitrogens with zero attached hydrogens (tertiary/aromatic N) is 3. The zero-order valence-corrected chi connectivity index (χ0v) is 19.8. The minimum Gasteiger partial charge on any atom is -0.472 e. The first-order chi connectivity index (χ1) is 16.4. The Morgan fingerprint density at radius 1 is 1.47 bits per heavy atom. The molecule has 0 spiro atoms. The smallest absolute Gasteiger partial charge is 0.407 e. The van der Waals surface area contributed by atoms with Crippen molar-refractivity contribution in [3.8, 4) is 6.07 Å². The molecule has 0 bridgehead atoms. The molecule has 0 radical (unpaired) electrons. The molecular formula is C24H25N5O4S. The minimum atomic E-state index is -0.463. The average molecular weight is 480 g/mol. The van der Waals surface area contributed by atoms with Crippen LogP contribution in [0.5, 0.6) is 0 Å². The molecule has 1 atom stereocenters. The Bertz CT molecular complexity index is 1250. The van der Waals surface area contributed by atoms with Gasteiger partial charge in [-0.1, -0.05) is 0 Å². The van der Waals surface area contributed by atoms with Gasteiger partial charge in [0.25, 0.3) is 0 Å². The van der Waals surface area contributed by atoms with Gasteiger partial charge in [-0.3, -0.25) is 9.48 Å². The van der Waals surface area contributed by atoms with Crippen LogP contribution in [0.2, 0.25) is 0 Å². The van der Waals surface area contributed by atoms with Crippen LogP contribution in [0.3, 0.4) is 0 Å². The fraction of sp³-hybridized carbons (Fsp3) is 0.333. The van der Waals surface area contributed by atoms with Crippen LogP contribution in [-0.2, 0) is 36.0 Å². The third-order valence-corrected chi connectivity index (χ3v) is 6.84. The van der Waals surface area contributed by atoms with Gasteiger partial charge in [0.05, 0.1) is 30.4 Å². The average Bonchev–Trinajstić information content (AvgIpc) is 3.53. The van der Waals surface area contributed by atoms with E-state index in [4.69, 9.17) is 9.15 Å². The molecule has 0 fully saturated rings. The van der Waals surface area contributed by atoms with Gasteiger partial charge in [-0.25, -0.2) is 4.79 Å². The van der Waals surface area contributed by atoms with E-state index in [9.17, 15) is 14.9 Å².